The second-order valence-electron chi connectivity index (χ2n) is 3.87. The molecule has 1 aliphatic rings. The molecule has 0 saturated carbocycles. The summed E-state index contributed by atoms with van der Waals surface area (Å²) in [7, 11) is -2.95. The first-order chi connectivity index (χ1) is 7.46. The maximum Gasteiger partial charge on any atom is 0.280 e. The third-order valence-corrected chi connectivity index (χ3v) is 5.11. The molecule has 1 atom stereocenters. The molecule has 0 aromatic carbocycles. The van der Waals surface area contributed by atoms with Gasteiger partial charge in [0, 0.05) is 17.1 Å². The molecule has 1 fully saturated rings. The highest BCUT2D eigenvalue weighted by Crippen LogP contribution is 2.13. The molecule has 2 heterocycles. The summed E-state index contributed by atoms with van der Waals surface area (Å²) in [5.74, 6) is -0.0713. The number of rotatable bonds is 2. The van der Waals surface area contributed by atoms with Gasteiger partial charge in [-0.25, -0.2) is 13.4 Å². The fourth-order valence-corrected chi connectivity index (χ4v) is 3.99. The molecule has 5 nitrogen and oxygen atoms in total. The number of carbonyl (C=O) groups excluding carboxylic acids is 1. The van der Waals surface area contributed by atoms with Crippen molar-refractivity contribution in [3.8, 4) is 0 Å². The highest BCUT2D eigenvalue weighted by molar-refractivity contribution is 7.91. The number of sulfone groups is 1. The first kappa shape index (κ1) is 11.5. The van der Waals surface area contributed by atoms with Crippen molar-refractivity contribution < 1.29 is 13.2 Å². The van der Waals surface area contributed by atoms with E-state index in [2.05, 4.69) is 10.3 Å². The lowest BCUT2D eigenvalue weighted by Crippen LogP contribution is -2.35. The van der Waals surface area contributed by atoms with E-state index in [0.29, 0.717) is 11.4 Å². The first-order valence-electron chi connectivity index (χ1n) is 4.90. The van der Waals surface area contributed by atoms with E-state index in [9.17, 15) is 13.2 Å². The van der Waals surface area contributed by atoms with Crippen molar-refractivity contribution in [2.45, 2.75) is 19.4 Å². The average Bonchev–Trinajstić information content (AvgIpc) is 2.73. The fraction of sp³-hybridized carbons (Fsp3) is 0.556. The minimum absolute atomic E-state index is 0.0447. The van der Waals surface area contributed by atoms with Crippen molar-refractivity contribution in [2.24, 2.45) is 0 Å². The zero-order valence-electron chi connectivity index (χ0n) is 8.76. The molecule has 16 heavy (non-hydrogen) atoms. The van der Waals surface area contributed by atoms with Crippen molar-refractivity contribution in [2.75, 3.05) is 11.5 Å². The SMILES string of the molecule is Cc1csc(C(=O)NC2CCS(=O)(=O)C2)n1. The van der Waals surface area contributed by atoms with Gasteiger partial charge in [-0.1, -0.05) is 0 Å². The van der Waals surface area contributed by atoms with Gasteiger partial charge in [0.2, 0.25) is 0 Å². The number of aryl methyl sites for hydroxylation is 1. The molecule has 0 aliphatic carbocycles. The van der Waals surface area contributed by atoms with Gasteiger partial charge >= 0.3 is 0 Å². The smallest absolute Gasteiger partial charge is 0.280 e. The first-order valence-corrected chi connectivity index (χ1v) is 7.60. The maximum atomic E-state index is 11.7. The Kier molecular flexibility index (Phi) is 2.98. The predicted molar refractivity (Wildman–Crippen MR) is 61.4 cm³/mol. The van der Waals surface area contributed by atoms with E-state index in [1.54, 1.807) is 5.38 Å². The summed E-state index contributed by atoms with van der Waals surface area (Å²) in [6, 6.07) is -0.262. The van der Waals surface area contributed by atoms with Crippen LogP contribution in [0.25, 0.3) is 0 Å². The van der Waals surface area contributed by atoms with E-state index in [4.69, 9.17) is 0 Å². The summed E-state index contributed by atoms with van der Waals surface area (Å²) in [5.41, 5.74) is 0.800. The van der Waals surface area contributed by atoms with Crippen molar-refractivity contribution >= 4 is 27.1 Å². The Hall–Kier alpha value is -0.950. The van der Waals surface area contributed by atoms with Crippen LogP contribution in [-0.2, 0) is 9.84 Å². The second-order valence-corrected chi connectivity index (χ2v) is 6.95. The Labute approximate surface area is 97.8 Å². The summed E-state index contributed by atoms with van der Waals surface area (Å²) < 4.78 is 22.4. The lowest BCUT2D eigenvalue weighted by Gasteiger charge is -2.08. The lowest BCUT2D eigenvalue weighted by atomic mass is 10.2. The van der Waals surface area contributed by atoms with Crippen molar-refractivity contribution in [1.29, 1.82) is 0 Å². The van der Waals surface area contributed by atoms with Gasteiger partial charge in [-0.2, -0.15) is 0 Å². The molecule has 1 saturated heterocycles. The number of nitrogens with one attached hydrogen (secondary N) is 1. The number of carbonyl (C=O) groups is 1. The van der Waals surface area contributed by atoms with E-state index in [0.717, 1.165) is 5.69 Å². The van der Waals surface area contributed by atoms with Crippen LogP contribution in [0.4, 0.5) is 0 Å². The molecule has 0 spiro atoms. The molecule has 1 N–H and O–H groups in total. The maximum absolute atomic E-state index is 11.7. The van der Waals surface area contributed by atoms with E-state index >= 15 is 0 Å². The van der Waals surface area contributed by atoms with Crippen LogP contribution >= 0.6 is 11.3 Å². The lowest BCUT2D eigenvalue weighted by molar-refractivity contribution is 0.0940. The number of hydrogen-bond donors (Lipinski definition) is 1. The van der Waals surface area contributed by atoms with Crippen molar-refractivity contribution in [3.05, 3.63) is 16.1 Å². The molecule has 1 amide bonds. The summed E-state index contributed by atoms with van der Waals surface area (Å²) in [5, 5.41) is 4.88. The average molecular weight is 260 g/mol. The van der Waals surface area contributed by atoms with Gasteiger partial charge in [0.05, 0.1) is 11.5 Å². The van der Waals surface area contributed by atoms with Crippen LogP contribution < -0.4 is 5.32 Å². The van der Waals surface area contributed by atoms with Crippen LogP contribution in [0.1, 0.15) is 21.9 Å². The van der Waals surface area contributed by atoms with Crippen LogP contribution in [0.2, 0.25) is 0 Å². The predicted octanol–water partition coefficient (Wildman–Crippen LogP) is 0.368. The molecular weight excluding hydrogens is 248 g/mol. The van der Waals surface area contributed by atoms with E-state index in [1.807, 2.05) is 6.92 Å². The van der Waals surface area contributed by atoms with E-state index in [-0.39, 0.29) is 23.5 Å². The summed E-state index contributed by atoms with van der Waals surface area (Å²) in [6.07, 6.45) is 0.498. The van der Waals surface area contributed by atoms with E-state index in [1.165, 1.54) is 11.3 Å². The van der Waals surface area contributed by atoms with Crippen LogP contribution in [0, 0.1) is 6.92 Å². The molecule has 2 rings (SSSR count). The van der Waals surface area contributed by atoms with Crippen molar-refractivity contribution in [3.63, 3.8) is 0 Å². The van der Waals surface area contributed by atoms with Gasteiger partial charge in [-0.3, -0.25) is 4.79 Å². The zero-order valence-corrected chi connectivity index (χ0v) is 10.4. The molecule has 1 aliphatic heterocycles. The topological polar surface area (TPSA) is 76.1 Å². The quantitative estimate of drug-likeness (QED) is 0.833. The third kappa shape index (κ3) is 2.59. The number of hydrogen-bond acceptors (Lipinski definition) is 5. The Bertz CT molecular complexity index is 507. The van der Waals surface area contributed by atoms with Gasteiger partial charge < -0.3 is 5.32 Å². The van der Waals surface area contributed by atoms with Crippen LogP contribution in [0.3, 0.4) is 0 Å². The van der Waals surface area contributed by atoms with Crippen LogP contribution in [0.15, 0.2) is 5.38 Å². The largest absolute Gasteiger partial charge is 0.346 e. The monoisotopic (exact) mass is 260 g/mol. The Morgan fingerprint density at radius 2 is 2.38 bits per heavy atom. The number of aromatic nitrogens is 1. The van der Waals surface area contributed by atoms with Gasteiger partial charge in [0.25, 0.3) is 5.91 Å². The van der Waals surface area contributed by atoms with Crippen LogP contribution in [0.5, 0.6) is 0 Å². The number of amides is 1. The van der Waals surface area contributed by atoms with Gasteiger partial charge in [0.15, 0.2) is 14.8 Å². The van der Waals surface area contributed by atoms with E-state index < -0.39 is 9.84 Å². The summed E-state index contributed by atoms with van der Waals surface area (Å²) >= 11 is 1.27. The molecular formula is C9H12N2O3S2. The zero-order chi connectivity index (χ0) is 11.8. The fourth-order valence-electron chi connectivity index (χ4n) is 1.61. The number of thiazole rings is 1. The van der Waals surface area contributed by atoms with Gasteiger partial charge in [-0.05, 0) is 13.3 Å². The molecule has 88 valence electrons. The Morgan fingerprint density at radius 1 is 1.62 bits per heavy atom. The summed E-state index contributed by atoms with van der Waals surface area (Å²) in [6.45, 7) is 1.81. The minimum atomic E-state index is -2.95. The standard InChI is InChI=1S/C9H12N2O3S2/c1-6-4-15-9(10-6)8(12)11-7-2-3-16(13,14)5-7/h4,7H,2-3,5H2,1H3,(H,11,12). The molecule has 1 aromatic heterocycles. The van der Waals surface area contributed by atoms with Gasteiger partial charge in [0.1, 0.15) is 0 Å². The normalized spacial score (nSPS) is 23.2. The summed E-state index contributed by atoms with van der Waals surface area (Å²) in [4.78, 5) is 15.7. The third-order valence-electron chi connectivity index (χ3n) is 2.38. The Morgan fingerprint density at radius 3 is 2.88 bits per heavy atom. The molecule has 0 bridgehead atoms. The van der Waals surface area contributed by atoms with Crippen molar-refractivity contribution in [1.82, 2.24) is 10.3 Å². The Balaban J connectivity index is 1.99. The number of nitrogens with zero attached hydrogens (tertiary/aromatic N) is 1. The molecule has 1 unspecified atom stereocenters. The second kappa shape index (κ2) is 4.14. The molecule has 7 heteroatoms. The molecule has 0 radical (unpaired) electrons. The highest BCUT2D eigenvalue weighted by Gasteiger charge is 2.29. The highest BCUT2D eigenvalue weighted by atomic mass is 32.2. The van der Waals surface area contributed by atoms with Gasteiger partial charge in [-0.15, -0.1) is 11.3 Å². The van der Waals surface area contributed by atoms with Crippen LogP contribution in [-0.4, -0.2) is 36.9 Å². The molecule has 1 aromatic rings. The minimum Gasteiger partial charge on any atom is -0.346 e.